The van der Waals surface area contributed by atoms with Crippen molar-refractivity contribution in [2.24, 2.45) is 5.14 Å². The summed E-state index contributed by atoms with van der Waals surface area (Å²) in [5.74, 6) is 0. The summed E-state index contributed by atoms with van der Waals surface area (Å²) in [7, 11) is -4.22. The maximum atomic E-state index is 12.3. The molecule has 0 saturated heterocycles. The molecular weight excluding hydrogens is 317 g/mol. The SMILES string of the molecule is NS(=O)(=O)c1nc(C(F)F)cc(Br)c1Cl. The fourth-order valence-electron chi connectivity index (χ4n) is 0.794. The average Bonchev–Trinajstić information content (AvgIpc) is 2.06. The third-order valence-electron chi connectivity index (χ3n) is 1.40. The summed E-state index contributed by atoms with van der Waals surface area (Å²) in [6, 6.07) is 0.932. The van der Waals surface area contributed by atoms with Gasteiger partial charge in [-0.15, -0.1) is 0 Å². The average molecular weight is 322 g/mol. The molecule has 0 aliphatic rings. The maximum Gasteiger partial charge on any atom is 0.280 e. The maximum absolute atomic E-state index is 12.3. The molecule has 0 aliphatic heterocycles. The van der Waals surface area contributed by atoms with Gasteiger partial charge in [-0.3, -0.25) is 0 Å². The second kappa shape index (κ2) is 4.28. The van der Waals surface area contributed by atoms with E-state index < -0.39 is 27.2 Å². The van der Waals surface area contributed by atoms with E-state index in [1.165, 1.54) is 0 Å². The van der Waals surface area contributed by atoms with Gasteiger partial charge >= 0.3 is 0 Å². The lowest BCUT2D eigenvalue weighted by molar-refractivity contribution is 0.145. The van der Waals surface area contributed by atoms with Crippen molar-refractivity contribution in [3.63, 3.8) is 0 Å². The van der Waals surface area contributed by atoms with E-state index in [-0.39, 0.29) is 9.50 Å². The Kier molecular flexibility index (Phi) is 3.64. The van der Waals surface area contributed by atoms with E-state index in [1.54, 1.807) is 0 Å². The highest BCUT2D eigenvalue weighted by molar-refractivity contribution is 9.10. The monoisotopic (exact) mass is 320 g/mol. The lowest BCUT2D eigenvalue weighted by atomic mass is 10.4. The van der Waals surface area contributed by atoms with E-state index in [4.69, 9.17) is 16.7 Å². The van der Waals surface area contributed by atoms with Gasteiger partial charge in [0.25, 0.3) is 16.4 Å². The molecule has 1 aromatic rings. The first-order valence-corrected chi connectivity index (χ1v) is 6.12. The Balaban J connectivity index is 3.52. The van der Waals surface area contributed by atoms with Gasteiger partial charge < -0.3 is 0 Å². The third-order valence-corrected chi connectivity index (χ3v) is 3.58. The van der Waals surface area contributed by atoms with Crippen LogP contribution in [-0.2, 0) is 10.0 Å². The zero-order valence-electron chi connectivity index (χ0n) is 6.92. The minimum Gasteiger partial charge on any atom is -0.232 e. The zero-order chi connectivity index (χ0) is 11.8. The number of hydrogen-bond donors (Lipinski definition) is 1. The molecule has 1 aromatic heterocycles. The first kappa shape index (κ1) is 12.8. The van der Waals surface area contributed by atoms with Crippen molar-refractivity contribution in [1.82, 2.24) is 4.98 Å². The number of nitrogens with two attached hydrogens (primary N) is 1. The number of nitrogens with zero attached hydrogens (tertiary/aromatic N) is 1. The van der Waals surface area contributed by atoms with E-state index >= 15 is 0 Å². The Morgan fingerprint density at radius 3 is 2.47 bits per heavy atom. The van der Waals surface area contributed by atoms with Crippen LogP contribution in [0.1, 0.15) is 12.1 Å². The molecule has 0 saturated carbocycles. The second-order valence-corrected chi connectivity index (χ2v) is 5.20. The van der Waals surface area contributed by atoms with Crippen LogP contribution in [0.3, 0.4) is 0 Å². The van der Waals surface area contributed by atoms with Gasteiger partial charge in [-0.05, 0) is 22.0 Å². The van der Waals surface area contributed by atoms with Crippen molar-refractivity contribution in [1.29, 1.82) is 0 Å². The standard InChI is InChI=1S/C6H4BrClF2N2O2S/c7-2-1-3(5(9)10)12-6(4(2)8)15(11,13)14/h1,5H,(H2,11,13,14). The molecule has 2 N–H and O–H groups in total. The van der Waals surface area contributed by atoms with E-state index in [9.17, 15) is 17.2 Å². The topological polar surface area (TPSA) is 73.1 Å². The van der Waals surface area contributed by atoms with Gasteiger partial charge in [0.2, 0.25) is 0 Å². The highest BCUT2D eigenvalue weighted by Crippen LogP contribution is 2.31. The van der Waals surface area contributed by atoms with Crippen LogP contribution in [0, 0.1) is 0 Å². The predicted molar refractivity (Wildman–Crippen MR) is 53.3 cm³/mol. The molecule has 1 heterocycles. The molecular formula is C6H4BrClF2N2O2S. The molecule has 0 atom stereocenters. The molecule has 15 heavy (non-hydrogen) atoms. The number of aromatic nitrogens is 1. The molecule has 84 valence electrons. The van der Waals surface area contributed by atoms with Gasteiger partial charge in [0.05, 0.1) is 5.02 Å². The normalized spacial score (nSPS) is 12.1. The van der Waals surface area contributed by atoms with E-state index in [0.717, 1.165) is 6.07 Å². The summed E-state index contributed by atoms with van der Waals surface area (Å²) >= 11 is 8.37. The molecule has 4 nitrogen and oxygen atoms in total. The van der Waals surface area contributed by atoms with Gasteiger partial charge in [0, 0.05) is 4.47 Å². The van der Waals surface area contributed by atoms with Gasteiger partial charge in [-0.25, -0.2) is 27.3 Å². The number of sulfonamides is 1. The van der Waals surface area contributed by atoms with Crippen LogP contribution in [0.5, 0.6) is 0 Å². The molecule has 9 heteroatoms. The lowest BCUT2D eigenvalue weighted by Gasteiger charge is -2.06. The largest absolute Gasteiger partial charge is 0.280 e. The number of hydrogen-bond acceptors (Lipinski definition) is 3. The van der Waals surface area contributed by atoms with E-state index in [1.807, 2.05) is 0 Å². The molecule has 1 rings (SSSR count). The van der Waals surface area contributed by atoms with Gasteiger partial charge in [-0.1, -0.05) is 11.6 Å². The first-order chi connectivity index (χ1) is 6.73. The highest BCUT2D eigenvalue weighted by atomic mass is 79.9. The van der Waals surface area contributed by atoms with Crippen LogP contribution >= 0.6 is 27.5 Å². The van der Waals surface area contributed by atoms with Crippen molar-refractivity contribution < 1.29 is 17.2 Å². The zero-order valence-corrected chi connectivity index (χ0v) is 10.1. The predicted octanol–water partition coefficient (Wildman–Crippen LogP) is 2.08. The van der Waals surface area contributed by atoms with Crippen molar-refractivity contribution in [3.05, 3.63) is 21.3 Å². The minimum atomic E-state index is -4.22. The van der Waals surface area contributed by atoms with Crippen molar-refractivity contribution in [2.75, 3.05) is 0 Å². The van der Waals surface area contributed by atoms with Crippen LogP contribution in [-0.4, -0.2) is 13.4 Å². The molecule has 0 bridgehead atoms. The van der Waals surface area contributed by atoms with Crippen molar-refractivity contribution in [2.45, 2.75) is 11.5 Å². The van der Waals surface area contributed by atoms with Crippen LogP contribution in [0.15, 0.2) is 15.6 Å². The van der Waals surface area contributed by atoms with Crippen molar-refractivity contribution >= 4 is 37.6 Å². The Hall–Kier alpha value is -0.310. The molecule has 0 radical (unpaired) electrons. The third kappa shape index (κ3) is 2.83. The minimum absolute atomic E-state index is 0.00140. The summed E-state index contributed by atoms with van der Waals surface area (Å²) < 4.78 is 46.5. The first-order valence-electron chi connectivity index (χ1n) is 3.40. The molecule has 0 aromatic carbocycles. The summed E-state index contributed by atoms with van der Waals surface area (Å²) in [5.41, 5.74) is -0.713. The molecule has 0 spiro atoms. The summed E-state index contributed by atoms with van der Waals surface area (Å²) in [5, 5.41) is 3.67. The highest BCUT2D eigenvalue weighted by Gasteiger charge is 2.21. The van der Waals surface area contributed by atoms with E-state index in [0.29, 0.717) is 0 Å². The van der Waals surface area contributed by atoms with Crippen molar-refractivity contribution in [3.8, 4) is 0 Å². The van der Waals surface area contributed by atoms with Gasteiger partial charge in [-0.2, -0.15) is 0 Å². The number of rotatable bonds is 2. The molecule has 0 unspecified atom stereocenters. The summed E-state index contributed by atoms with van der Waals surface area (Å²) in [4.78, 5) is 3.18. The van der Waals surface area contributed by atoms with Crippen LogP contribution < -0.4 is 5.14 Å². The second-order valence-electron chi connectivity index (χ2n) is 2.49. The Labute approximate surface area is 97.6 Å². The van der Waals surface area contributed by atoms with Gasteiger partial charge in [0.1, 0.15) is 5.69 Å². The lowest BCUT2D eigenvalue weighted by Crippen LogP contribution is -2.15. The number of alkyl halides is 2. The summed E-state index contributed by atoms with van der Waals surface area (Å²) in [6.07, 6.45) is -2.90. The van der Waals surface area contributed by atoms with Crippen LogP contribution in [0.2, 0.25) is 5.02 Å². The Morgan fingerprint density at radius 1 is 1.53 bits per heavy atom. The number of halogens is 4. The van der Waals surface area contributed by atoms with E-state index in [2.05, 4.69) is 20.9 Å². The summed E-state index contributed by atoms with van der Waals surface area (Å²) in [6.45, 7) is 0. The van der Waals surface area contributed by atoms with Gasteiger partial charge in [0.15, 0.2) is 5.03 Å². The fourth-order valence-corrected chi connectivity index (χ4v) is 2.36. The fraction of sp³-hybridized carbons (Fsp3) is 0.167. The number of primary sulfonamides is 1. The Bertz CT molecular complexity index is 494. The smallest absolute Gasteiger partial charge is 0.232 e. The van der Waals surface area contributed by atoms with Crippen LogP contribution in [0.4, 0.5) is 8.78 Å². The quantitative estimate of drug-likeness (QED) is 0.906. The molecule has 0 fully saturated rings. The Morgan fingerprint density at radius 2 is 2.07 bits per heavy atom. The van der Waals surface area contributed by atoms with Crippen LogP contribution in [0.25, 0.3) is 0 Å². The number of pyridine rings is 1. The molecule has 0 amide bonds. The molecule has 0 aliphatic carbocycles.